The molecule has 0 saturated carbocycles. The van der Waals surface area contributed by atoms with Crippen LogP contribution in [0, 0.1) is 17.5 Å². The lowest BCUT2D eigenvalue weighted by molar-refractivity contribution is 0.0920. The number of hydrogen-bond donors (Lipinski definition) is 0. The van der Waals surface area contributed by atoms with E-state index in [9.17, 15) is 18.0 Å². The number of rotatable bonds is 4. The minimum atomic E-state index is -1.10. The minimum absolute atomic E-state index is 0.00198. The topological polar surface area (TPSA) is 26.3 Å². The third kappa shape index (κ3) is 3.39. The summed E-state index contributed by atoms with van der Waals surface area (Å²) in [4.78, 5) is 11.8. The van der Waals surface area contributed by atoms with Crippen molar-refractivity contribution in [1.29, 1.82) is 0 Å². The average molecular weight is 345 g/mol. The second-order valence-electron chi connectivity index (χ2n) is 3.92. The van der Waals surface area contributed by atoms with Gasteiger partial charge in [0.1, 0.15) is 11.6 Å². The maximum atomic E-state index is 13.0. The lowest BCUT2D eigenvalue weighted by atomic mass is 10.1. The van der Waals surface area contributed by atoms with E-state index in [4.69, 9.17) is 4.74 Å². The summed E-state index contributed by atoms with van der Waals surface area (Å²) in [5.41, 5.74) is 0.00198. The van der Waals surface area contributed by atoms with Crippen LogP contribution in [0.3, 0.4) is 0 Å². The highest BCUT2D eigenvalue weighted by molar-refractivity contribution is 9.10. The number of benzene rings is 2. The van der Waals surface area contributed by atoms with Crippen molar-refractivity contribution in [2.24, 2.45) is 0 Å². The third-order valence-corrected chi connectivity index (χ3v) is 3.11. The molecule has 2 aromatic carbocycles. The van der Waals surface area contributed by atoms with E-state index in [1.54, 1.807) is 0 Å². The zero-order valence-electron chi connectivity index (χ0n) is 10.00. The maximum Gasteiger partial charge on any atom is 0.200 e. The number of ketones is 1. The fourth-order valence-corrected chi connectivity index (χ4v) is 1.95. The second-order valence-corrected chi connectivity index (χ2v) is 4.77. The van der Waals surface area contributed by atoms with Crippen LogP contribution in [0.2, 0.25) is 0 Å². The standard InChI is InChI=1S/C14H8BrF3O2/c15-10-6-9(16)2-4-14(10)20-7-13(19)8-1-3-11(17)12(18)5-8/h1-6H,7H2. The predicted octanol–water partition coefficient (Wildman–Crippen LogP) is 4.13. The van der Waals surface area contributed by atoms with Gasteiger partial charge in [0.15, 0.2) is 24.0 Å². The van der Waals surface area contributed by atoms with Crippen LogP contribution in [0.25, 0.3) is 0 Å². The summed E-state index contributed by atoms with van der Waals surface area (Å²) in [5, 5.41) is 0. The van der Waals surface area contributed by atoms with Crippen LogP contribution in [0.1, 0.15) is 10.4 Å². The number of hydrogen-bond acceptors (Lipinski definition) is 2. The number of Topliss-reactive ketones (excluding diaryl/α,β-unsaturated/α-hetero) is 1. The molecule has 0 amide bonds. The van der Waals surface area contributed by atoms with Gasteiger partial charge >= 0.3 is 0 Å². The van der Waals surface area contributed by atoms with Crippen molar-refractivity contribution in [3.05, 3.63) is 63.9 Å². The Kier molecular flexibility index (Phi) is 4.44. The van der Waals surface area contributed by atoms with E-state index in [0.29, 0.717) is 4.47 Å². The van der Waals surface area contributed by atoms with Crippen molar-refractivity contribution in [2.75, 3.05) is 6.61 Å². The summed E-state index contributed by atoms with van der Waals surface area (Å²) in [7, 11) is 0. The molecule has 0 radical (unpaired) electrons. The largest absolute Gasteiger partial charge is 0.484 e. The third-order valence-electron chi connectivity index (χ3n) is 2.49. The Morgan fingerprint density at radius 2 is 1.80 bits per heavy atom. The van der Waals surface area contributed by atoms with Crippen molar-refractivity contribution in [3.63, 3.8) is 0 Å². The van der Waals surface area contributed by atoms with Gasteiger partial charge in [-0.1, -0.05) is 0 Å². The van der Waals surface area contributed by atoms with Crippen molar-refractivity contribution in [3.8, 4) is 5.75 Å². The molecule has 2 rings (SSSR count). The number of halogens is 4. The molecule has 2 aromatic rings. The summed E-state index contributed by atoms with van der Waals surface area (Å²) in [6.45, 7) is -0.366. The molecule has 0 heterocycles. The molecule has 0 aliphatic rings. The van der Waals surface area contributed by atoms with Gasteiger partial charge in [-0.25, -0.2) is 13.2 Å². The van der Waals surface area contributed by atoms with Gasteiger partial charge in [0.05, 0.1) is 4.47 Å². The molecule has 0 fully saturated rings. The van der Waals surface area contributed by atoms with Crippen LogP contribution in [-0.2, 0) is 0 Å². The molecule has 2 nitrogen and oxygen atoms in total. The molecule has 0 aliphatic heterocycles. The van der Waals surface area contributed by atoms with Crippen molar-refractivity contribution < 1.29 is 22.7 Å². The van der Waals surface area contributed by atoms with E-state index in [-0.39, 0.29) is 17.9 Å². The Morgan fingerprint density at radius 3 is 2.45 bits per heavy atom. The lowest BCUT2D eigenvalue weighted by Gasteiger charge is -2.07. The average Bonchev–Trinajstić information content (AvgIpc) is 2.40. The zero-order valence-corrected chi connectivity index (χ0v) is 11.6. The molecule has 0 atom stereocenters. The van der Waals surface area contributed by atoms with Crippen molar-refractivity contribution in [1.82, 2.24) is 0 Å². The molecule has 20 heavy (non-hydrogen) atoms. The predicted molar refractivity (Wildman–Crippen MR) is 70.3 cm³/mol. The van der Waals surface area contributed by atoms with Gasteiger partial charge < -0.3 is 4.74 Å². The first-order chi connectivity index (χ1) is 9.47. The summed E-state index contributed by atoms with van der Waals surface area (Å²) in [6.07, 6.45) is 0. The highest BCUT2D eigenvalue weighted by atomic mass is 79.9. The Hall–Kier alpha value is -1.82. The molecule has 0 aromatic heterocycles. The van der Waals surface area contributed by atoms with Gasteiger partial charge in [-0.2, -0.15) is 0 Å². The number of carbonyl (C=O) groups is 1. The number of carbonyl (C=O) groups excluding carboxylic acids is 1. The second kappa shape index (κ2) is 6.09. The highest BCUT2D eigenvalue weighted by Crippen LogP contribution is 2.25. The van der Waals surface area contributed by atoms with Crippen LogP contribution >= 0.6 is 15.9 Å². The van der Waals surface area contributed by atoms with E-state index < -0.39 is 23.2 Å². The molecular formula is C14H8BrF3O2. The van der Waals surface area contributed by atoms with E-state index in [1.807, 2.05) is 0 Å². The van der Waals surface area contributed by atoms with E-state index in [1.165, 1.54) is 24.3 Å². The first-order valence-electron chi connectivity index (χ1n) is 5.53. The molecule has 0 bridgehead atoms. The lowest BCUT2D eigenvalue weighted by Crippen LogP contribution is -2.12. The molecular weight excluding hydrogens is 337 g/mol. The molecule has 0 aliphatic carbocycles. The fraction of sp³-hybridized carbons (Fsp3) is 0.0714. The number of ether oxygens (including phenoxy) is 1. The first kappa shape index (κ1) is 14.6. The monoisotopic (exact) mass is 344 g/mol. The fourth-order valence-electron chi connectivity index (χ4n) is 1.49. The van der Waals surface area contributed by atoms with Gasteiger partial charge in [0, 0.05) is 5.56 Å². The SMILES string of the molecule is O=C(COc1ccc(F)cc1Br)c1ccc(F)c(F)c1. The quantitative estimate of drug-likeness (QED) is 0.779. The molecule has 0 unspecified atom stereocenters. The van der Waals surface area contributed by atoms with Crippen LogP contribution in [0.4, 0.5) is 13.2 Å². The van der Waals surface area contributed by atoms with E-state index in [2.05, 4.69) is 15.9 Å². The minimum Gasteiger partial charge on any atom is -0.484 e. The highest BCUT2D eigenvalue weighted by Gasteiger charge is 2.11. The molecule has 104 valence electrons. The Labute approximate surface area is 121 Å². The van der Waals surface area contributed by atoms with Crippen LogP contribution in [-0.4, -0.2) is 12.4 Å². The first-order valence-corrected chi connectivity index (χ1v) is 6.33. The zero-order chi connectivity index (χ0) is 14.7. The summed E-state index contributed by atoms with van der Waals surface area (Å²) in [5.74, 6) is -2.80. The van der Waals surface area contributed by atoms with Gasteiger partial charge in [-0.15, -0.1) is 0 Å². The van der Waals surface area contributed by atoms with Gasteiger partial charge in [0.2, 0.25) is 0 Å². The normalized spacial score (nSPS) is 10.4. The Bertz CT molecular complexity index is 659. The Balaban J connectivity index is 2.06. The molecule has 0 N–H and O–H groups in total. The molecule has 6 heteroatoms. The van der Waals surface area contributed by atoms with E-state index >= 15 is 0 Å². The van der Waals surface area contributed by atoms with Gasteiger partial charge in [0.25, 0.3) is 0 Å². The van der Waals surface area contributed by atoms with Crippen LogP contribution in [0.15, 0.2) is 40.9 Å². The smallest absolute Gasteiger partial charge is 0.200 e. The van der Waals surface area contributed by atoms with Gasteiger partial charge in [-0.05, 0) is 52.3 Å². The van der Waals surface area contributed by atoms with E-state index in [0.717, 1.165) is 12.1 Å². The van der Waals surface area contributed by atoms with Crippen molar-refractivity contribution in [2.45, 2.75) is 0 Å². The van der Waals surface area contributed by atoms with Crippen LogP contribution < -0.4 is 4.74 Å². The summed E-state index contributed by atoms with van der Waals surface area (Å²) in [6, 6.07) is 6.58. The van der Waals surface area contributed by atoms with Crippen molar-refractivity contribution >= 4 is 21.7 Å². The summed E-state index contributed by atoms with van der Waals surface area (Å²) >= 11 is 3.09. The molecule has 0 spiro atoms. The maximum absolute atomic E-state index is 13.0. The van der Waals surface area contributed by atoms with Gasteiger partial charge in [-0.3, -0.25) is 4.79 Å². The van der Waals surface area contributed by atoms with Crippen LogP contribution in [0.5, 0.6) is 5.75 Å². The summed E-state index contributed by atoms with van der Waals surface area (Å²) < 4.78 is 44.2. The Morgan fingerprint density at radius 1 is 1.05 bits per heavy atom. The molecule has 0 saturated heterocycles.